The van der Waals surface area contributed by atoms with Crippen LogP contribution in [0.1, 0.15) is 5.89 Å². The van der Waals surface area contributed by atoms with Gasteiger partial charge in [-0.2, -0.15) is 0 Å². The Labute approximate surface area is 86.8 Å². The molecule has 0 aliphatic rings. The van der Waals surface area contributed by atoms with E-state index in [9.17, 15) is 8.42 Å². The van der Waals surface area contributed by atoms with Crippen molar-refractivity contribution in [3.05, 3.63) is 24.1 Å². The number of nitrogens with two attached hydrogens (primary N) is 1. The molecule has 0 fully saturated rings. The van der Waals surface area contributed by atoms with Crippen LogP contribution in [-0.2, 0) is 16.4 Å². The van der Waals surface area contributed by atoms with Crippen LogP contribution >= 0.6 is 0 Å². The maximum atomic E-state index is 11.3. The zero-order chi connectivity index (χ0) is 11.1. The number of aromatic nitrogens is 1. The minimum Gasteiger partial charge on any atom is -0.439 e. The van der Waals surface area contributed by atoms with E-state index in [1.54, 1.807) is 6.07 Å². The maximum Gasteiger partial charge on any atom is 0.209 e. The fraction of sp³-hybridized carbons (Fsp3) is 0.222. The van der Waals surface area contributed by atoms with Crippen LogP contribution in [-0.4, -0.2) is 19.7 Å². The molecular weight excluding hydrogens is 216 g/mol. The summed E-state index contributed by atoms with van der Waals surface area (Å²) in [6.45, 7) is 0.197. The first-order valence-electron chi connectivity index (χ1n) is 4.30. The van der Waals surface area contributed by atoms with Gasteiger partial charge in [0.1, 0.15) is 5.52 Å². The van der Waals surface area contributed by atoms with E-state index in [4.69, 9.17) is 10.2 Å². The van der Waals surface area contributed by atoms with E-state index in [1.807, 2.05) is 0 Å². The monoisotopic (exact) mass is 226 g/mol. The van der Waals surface area contributed by atoms with Gasteiger partial charge >= 0.3 is 0 Å². The molecule has 0 unspecified atom stereocenters. The second-order valence-corrected chi connectivity index (χ2v) is 5.23. The predicted octanol–water partition coefficient (Wildman–Crippen LogP) is 0.690. The van der Waals surface area contributed by atoms with Crippen LogP contribution < -0.4 is 5.73 Å². The van der Waals surface area contributed by atoms with Gasteiger partial charge in [-0.3, -0.25) is 0 Å². The number of hydrogen-bond acceptors (Lipinski definition) is 5. The van der Waals surface area contributed by atoms with Gasteiger partial charge in [0.15, 0.2) is 15.4 Å². The van der Waals surface area contributed by atoms with E-state index < -0.39 is 9.84 Å². The molecule has 0 aliphatic carbocycles. The molecule has 0 spiro atoms. The lowest BCUT2D eigenvalue weighted by atomic mass is 10.3. The van der Waals surface area contributed by atoms with E-state index in [1.165, 1.54) is 12.1 Å². The quantitative estimate of drug-likeness (QED) is 0.814. The highest BCUT2D eigenvalue weighted by molar-refractivity contribution is 7.90. The highest BCUT2D eigenvalue weighted by Crippen LogP contribution is 2.19. The van der Waals surface area contributed by atoms with Gasteiger partial charge in [-0.05, 0) is 18.2 Å². The molecule has 1 aromatic heterocycles. The Bertz CT molecular complexity index is 601. The normalized spacial score (nSPS) is 12.1. The summed E-state index contributed by atoms with van der Waals surface area (Å²) in [6, 6.07) is 4.55. The molecule has 15 heavy (non-hydrogen) atoms. The Morgan fingerprint density at radius 2 is 2.20 bits per heavy atom. The smallest absolute Gasteiger partial charge is 0.209 e. The van der Waals surface area contributed by atoms with Crippen molar-refractivity contribution >= 4 is 20.9 Å². The van der Waals surface area contributed by atoms with Gasteiger partial charge in [0.25, 0.3) is 0 Å². The van der Waals surface area contributed by atoms with E-state index in [-0.39, 0.29) is 11.4 Å². The minimum absolute atomic E-state index is 0.197. The first kappa shape index (κ1) is 10.1. The van der Waals surface area contributed by atoms with Crippen molar-refractivity contribution < 1.29 is 12.8 Å². The molecule has 0 radical (unpaired) electrons. The molecule has 0 saturated carbocycles. The van der Waals surface area contributed by atoms with Gasteiger partial charge in [-0.1, -0.05) is 0 Å². The average molecular weight is 226 g/mol. The lowest BCUT2D eigenvalue weighted by Gasteiger charge is -1.95. The second-order valence-electron chi connectivity index (χ2n) is 3.21. The summed E-state index contributed by atoms with van der Waals surface area (Å²) < 4.78 is 27.8. The Morgan fingerprint density at radius 1 is 1.47 bits per heavy atom. The summed E-state index contributed by atoms with van der Waals surface area (Å²) in [5.74, 6) is 0.399. The number of fused-ring (bicyclic) bond motifs is 1. The third kappa shape index (κ3) is 1.86. The van der Waals surface area contributed by atoms with Crippen LogP contribution in [0.4, 0.5) is 0 Å². The highest BCUT2D eigenvalue weighted by Gasteiger charge is 2.10. The van der Waals surface area contributed by atoms with Crippen molar-refractivity contribution in [2.75, 3.05) is 6.26 Å². The summed E-state index contributed by atoms with van der Waals surface area (Å²) in [6.07, 6.45) is 1.15. The molecule has 2 aromatic rings. The minimum atomic E-state index is -3.20. The molecule has 0 amide bonds. The Kier molecular flexibility index (Phi) is 2.24. The standard InChI is InChI=1S/C9H10N2O3S/c1-15(12,13)6-2-3-8-7(4-6)11-9(5-10)14-8/h2-4H,5,10H2,1H3. The van der Waals surface area contributed by atoms with Crippen LogP contribution in [0.5, 0.6) is 0 Å². The first-order chi connectivity index (χ1) is 7.00. The van der Waals surface area contributed by atoms with Crippen molar-refractivity contribution in [3.8, 4) is 0 Å². The third-order valence-electron chi connectivity index (χ3n) is 2.01. The number of hydrogen-bond donors (Lipinski definition) is 1. The lowest BCUT2D eigenvalue weighted by Crippen LogP contribution is -1.96. The SMILES string of the molecule is CS(=O)(=O)c1ccc2oc(CN)nc2c1. The molecule has 6 heteroatoms. The lowest BCUT2D eigenvalue weighted by molar-refractivity contribution is 0.533. The van der Waals surface area contributed by atoms with Gasteiger partial charge in [0, 0.05) is 6.26 Å². The molecule has 0 atom stereocenters. The zero-order valence-electron chi connectivity index (χ0n) is 8.10. The van der Waals surface area contributed by atoms with Gasteiger partial charge in [-0.15, -0.1) is 0 Å². The fourth-order valence-corrected chi connectivity index (χ4v) is 1.91. The van der Waals surface area contributed by atoms with Crippen molar-refractivity contribution in [2.24, 2.45) is 5.73 Å². The molecule has 5 nitrogen and oxygen atoms in total. The average Bonchev–Trinajstić information content (AvgIpc) is 2.57. The molecular formula is C9H10N2O3S. The van der Waals surface area contributed by atoms with E-state index in [0.717, 1.165) is 6.26 Å². The van der Waals surface area contributed by atoms with Gasteiger partial charge in [0.2, 0.25) is 5.89 Å². The molecule has 2 N–H and O–H groups in total. The maximum absolute atomic E-state index is 11.3. The molecule has 1 heterocycles. The number of oxazole rings is 1. The van der Waals surface area contributed by atoms with Crippen LogP contribution in [0.2, 0.25) is 0 Å². The Hall–Kier alpha value is -1.40. The molecule has 80 valence electrons. The summed E-state index contributed by atoms with van der Waals surface area (Å²) in [5, 5.41) is 0. The molecule has 0 aliphatic heterocycles. The van der Waals surface area contributed by atoms with E-state index in [2.05, 4.69) is 4.98 Å². The molecule has 1 aromatic carbocycles. The van der Waals surface area contributed by atoms with Crippen molar-refractivity contribution in [1.82, 2.24) is 4.98 Å². The van der Waals surface area contributed by atoms with Crippen molar-refractivity contribution in [3.63, 3.8) is 0 Å². The largest absolute Gasteiger partial charge is 0.439 e. The third-order valence-corrected chi connectivity index (χ3v) is 3.12. The van der Waals surface area contributed by atoms with E-state index >= 15 is 0 Å². The Morgan fingerprint density at radius 3 is 2.80 bits per heavy atom. The van der Waals surface area contributed by atoms with Crippen LogP contribution in [0.25, 0.3) is 11.1 Å². The predicted molar refractivity (Wildman–Crippen MR) is 55.0 cm³/mol. The number of nitrogens with zero attached hydrogens (tertiary/aromatic N) is 1. The molecule has 2 rings (SSSR count). The number of benzene rings is 1. The number of rotatable bonds is 2. The second kappa shape index (κ2) is 3.32. The summed E-state index contributed by atoms with van der Waals surface area (Å²) in [5.41, 5.74) is 6.42. The zero-order valence-corrected chi connectivity index (χ0v) is 8.91. The fourth-order valence-electron chi connectivity index (χ4n) is 1.27. The molecule has 0 saturated heterocycles. The van der Waals surface area contributed by atoms with Crippen LogP contribution in [0.15, 0.2) is 27.5 Å². The van der Waals surface area contributed by atoms with Gasteiger partial charge in [0.05, 0.1) is 11.4 Å². The van der Waals surface area contributed by atoms with Crippen LogP contribution in [0, 0.1) is 0 Å². The van der Waals surface area contributed by atoms with Crippen molar-refractivity contribution in [1.29, 1.82) is 0 Å². The number of sulfone groups is 1. The highest BCUT2D eigenvalue weighted by atomic mass is 32.2. The van der Waals surface area contributed by atoms with Crippen LogP contribution in [0.3, 0.4) is 0 Å². The molecule has 0 bridgehead atoms. The van der Waals surface area contributed by atoms with Gasteiger partial charge in [-0.25, -0.2) is 13.4 Å². The first-order valence-corrected chi connectivity index (χ1v) is 6.19. The van der Waals surface area contributed by atoms with Crippen molar-refractivity contribution in [2.45, 2.75) is 11.4 Å². The van der Waals surface area contributed by atoms with E-state index in [0.29, 0.717) is 17.0 Å². The summed E-state index contributed by atoms with van der Waals surface area (Å²) in [4.78, 5) is 4.28. The topological polar surface area (TPSA) is 86.2 Å². The van der Waals surface area contributed by atoms with Gasteiger partial charge < -0.3 is 10.2 Å². The summed E-state index contributed by atoms with van der Waals surface area (Å²) in [7, 11) is -3.20. The summed E-state index contributed by atoms with van der Waals surface area (Å²) >= 11 is 0. The Balaban J connectivity index is 2.66.